The summed E-state index contributed by atoms with van der Waals surface area (Å²) in [4.78, 5) is 10.6. The first-order chi connectivity index (χ1) is 12.2. The number of sulfonamides is 1. The molecule has 0 atom stereocenters. The third-order valence-electron chi connectivity index (χ3n) is 4.25. The first-order valence-electron chi connectivity index (χ1n) is 7.99. The Hall–Kier alpha value is -2.52. The molecule has 9 heteroatoms. The molecule has 1 aliphatic carbocycles. The number of nitrogens with one attached hydrogen (secondary N) is 2. The maximum absolute atomic E-state index is 12.9. The molecule has 0 saturated heterocycles. The SMILES string of the molecule is CC1(NS(=O)(=O)c2ccc(NCc3ccc(F)cc3)c([N+](=O)[O-])c2)CC1. The van der Waals surface area contributed by atoms with E-state index >= 15 is 0 Å². The topological polar surface area (TPSA) is 101 Å². The number of hydrogen-bond donors (Lipinski definition) is 2. The molecule has 0 heterocycles. The fraction of sp³-hybridized carbons (Fsp3) is 0.294. The monoisotopic (exact) mass is 379 g/mol. The van der Waals surface area contributed by atoms with Crippen LogP contribution in [0.3, 0.4) is 0 Å². The van der Waals surface area contributed by atoms with Gasteiger partial charge in [0, 0.05) is 18.2 Å². The minimum Gasteiger partial charge on any atom is -0.375 e. The molecule has 0 unspecified atom stereocenters. The maximum Gasteiger partial charge on any atom is 0.293 e. The van der Waals surface area contributed by atoms with Crippen molar-refractivity contribution in [3.05, 3.63) is 64.0 Å². The van der Waals surface area contributed by atoms with Crippen molar-refractivity contribution in [2.24, 2.45) is 0 Å². The fourth-order valence-electron chi connectivity index (χ4n) is 2.45. The largest absolute Gasteiger partial charge is 0.375 e. The smallest absolute Gasteiger partial charge is 0.293 e. The summed E-state index contributed by atoms with van der Waals surface area (Å²) in [5.74, 6) is -0.369. The lowest BCUT2D eigenvalue weighted by atomic mass is 10.2. The normalized spacial score (nSPS) is 15.5. The van der Waals surface area contributed by atoms with Crippen LogP contribution in [0, 0.1) is 15.9 Å². The van der Waals surface area contributed by atoms with Gasteiger partial charge in [-0.25, -0.2) is 17.5 Å². The van der Waals surface area contributed by atoms with Gasteiger partial charge >= 0.3 is 0 Å². The first kappa shape index (κ1) is 18.3. The number of nitro benzene ring substituents is 1. The van der Waals surface area contributed by atoms with Crippen LogP contribution in [0.5, 0.6) is 0 Å². The molecule has 1 aliphatic rings. The molecule has 2 N–H and O–H groups in total. The molecule has 2 aromatic rings. The van der Waals surface area contributed by atoms with Crippen molar-refractivity contribution in [1.82, 2.24) is 4.72 Å². The van der Waals surface area contributed by atoms with Gasteiger partial charge in [-0.2, -0.15) is 0 Å². The summed E-state index contributed by atoms with van der Waals surface area (Å²) >= 11 is 0. The molecule has 138 valence electrons. The van der Waals surface area contributed by atoms with Crippen LogP contribution in [0.2, 0.25) is 0 Å². The Morgan fingerprint density at radius 2 is 1.85 bits per heavy atom. The van der Waals surface area contributed by atoms with E-state index in [-0.39, 0.29) is 28.6 Å². The van der Waals surface area contributed by atoms with Crippen LogP contribution in [0.4, 0.5) is 15.8 Å². The van der Waals surface area contributed by atoms with Crippen molar-refractivity contribution in [3.8, 4) is 0 Å². The average molecular weight is 379 g/mol. The van der Waals surface area contributed by atoms with Crippen molar-refractivity contribution in [2.45, 2.75) is 36.7 Å². The number of benzene rings is 2. The van der Waals surface area contributed by atoms with Gasteiger partial charge in [0.1, 0.15) is 11.5 Å². The molecular weight excluding hydrogens is 361 g/mol. The number of anilines is 1. The van der Waals surface area contributed by atoms with Crippen LogP contribution in [0.15, 0.2) is 47.4 Å². The summed E-state index contributed by atoms with van der Waals surface area (Å²) in [6.07, 6.45) is 1.48. The molecule has 3 rings (SSSR count). The highest BCUT2D eigenvalue weighted by Gasteiger charge is 2.41. The molecule has 1 fully saturated rings. The van der Waals surface area contributed by atoms with Gasteiger partial charge in [-0.15, -0.1) is 0 Å². The van der Waals surface area contributed by atoms with E-state index in [9.17, 15) is 22.9 Å². The number of hydrogen-bond acceptors (Lipinski definition) is 5. The Labute approximate surface area is 150 Å². The van der Waals surface area contributed by atoms with Crippen molar-refractivity contribution in [3.63, 3.8) is 0 Å². The highest BCUT2D eigenvalue weighted by Crippen LogP contribution is 2.36. The van der Waals surface area contributed by atoms with Crippen LogP contribution in [-0.4, -0.2) is 18.9 Å². The van der Waals surface area contributed by atoms with Crippen molar-refractivity contribution in [2.75, 3.05) is 5.32 Å². The zero-order chi connectivity index (χ0) is 18.9. The summed E-state index contributed by atoms with van der Waals surface area (Å²) < 4.78 is 40.3. The lowest BCUT2D eigenvalue weighted by Crippen LogP contribution is -2.34. The van der Waals surface area contributed by atoms with Gasteiger partial charge in [0.2, 0.25) is 10.0 Å². The van der Waals surface area contributed by atoms with Gasteiger partial charge in [-0.3, -0.25) is 10.1 Å². The summed E-state index contributed by atoms with van der Waals surface area (Å²) in [5.41, 5.74) is 0.125. The standard InChI is InChI=1S/C17H18FN3O4S/c1-17(8-9-17)20-26(24,25)14-6-7-15(16(10-14)21(22)23)19-11-12-2-4-13(18)5-3-12/h2-7,10,19-20H,8-9,11H2,1H3. The van der Waals surface area contributed by atoms with Crippen molar-refractivity contribution in [1.29, 1.82) is 0 Å². The highest BCUT2D eigenvalue weighted by molar-refractivity contribution is 7.89. The van der Waals surface area contributed by atoms with Crippen LogP contribution in [0.25, 0.3) is 0 Å². The van der Waals surface area contributed by atoms with Crippen molar-refractivity contribution >= 4 is 21.4 Å². The van der Waals surface area contributed by atoms with Crippen LogP contribution in [-0.2, 0) is 16.6 Å². The highest BCUT2D eigenvalue weighted by atomic mass is 32.2. The van der Waals surface area contributed by atoms with E-state index in [2.05, 4.69) is 10.0 Å². The van der Waals surface area contributed by atoms with Crippen LogP contribution < -0.4 is 10.0 Å². The molecule has 0 radical (unpaired) electrons. The van der Waals surface area contributed by atoms with Crippen LogP contribution in [0.1, 0.15) is 25.3 Å². The van der Waals surface area contributed by atoms with Gasteiger partial charge in [0.05, 0.1) is 9.82 Å². The number of nitro groups is 1. The third kappa shape index (κ3) is 4.17. The second-order valence-corrected chi connectivity index (χ2v) is 8.26. The van der Waals surface area contributed by atoms with Gasteiger partial charge in [-0.1, -0.05) is 12.1 Å². The van der Waals surface area contributed by atoms with E-state index in [1.54, 1.807) is 19.1 Å². The zero-order valence-corrected chi connectivity index (χ0v) is 14.8. The second-order valence-electron chi connectivity index (χ2n) is 6.58. The lowest BCUT2D eigenvalue weighted by Gasteiger charge is -2.13. The van der Waals surface area contributed by atoms with E-state index < -0.39 is 20.5 Å². The summed E-state index contributed by atoms with van der Waals surface area (Å²) in [7, 11) is -3.82. The Morgan fingerprint density at radius 3 is 2.42 bits per heavy atom. The number of rotatable bonds is 7. The summed E-state index contributed by atoms with van der Waals surface area (Å²) in [6.45, 7) is 2.03. The van der Waals surface area contributed by atoms with E-state index in [0.29, 0.717) is 0 Å². The first-order valence-corrected chi connectivity index (χ1v) is 9.48. The second kappa shape index (κ2) is 6.65. The Morgan fingerprint density at radius 1 is 1.19 bits per heavy atom. The predicted octanol–water partition coefficient (Wildman–Crippen LogP) is 3.18. The van der Waals surface area contributed by atoms with Gasteiger partial charge in [-0.05, 0) is 49.6 Å². The molecule has 0 aliphatic heterocycles. The quantitative estimate of drug-likeness (QED) is 0.568. The average Bonchev–Trinajstić information content (AvgIpc) is 3.30. The molecule has 0 bridgehead atoms. The molecule has 2 aromatic carbocycles. The fourth-order valence-corrected chi connectivity index (χ4v) is 3.94. The van der Waals surface area contributed by atoms with E-state index in [1.807, 2.05) is 0 Å². The van der Waals surface area contributed by atoms with E-state index in [4.69, 9.17) is 0 Å². The molecule has 7 nitrogen and oxygen atoms in total. The minimum atomic E-state index is -3.82. The van der Waals surface area contributed by atoms with E-state index in [0.717, 1.165) is 24.5 Å². The number of nitrogens with zero attached hydrogens (tertiary/aromatic N) is 1. The molecule has 0 spiro atoms. The summed E-state index contributed by atoms with van der Waals surface area (Å²) in [6, 6.07) is 9.46. The molecule has 0 amide bonds. The van der Waals surface area contributed by atoms with Gasteiger partial charge < -0.3 is 5.32 Å². The minimum absolute atomic E-state index is 0.148. The van der Waals surface area contributed by atoms with Gasteiger partial charge in [0.15, 0.2) is 0 Å². The third-order valence-corrected chi connectivity index (χ3v) is 5.89. The Balaban J connectivity index is 1.82. The Bertz CT molecular complexity index is 941. The molecule has 0 aromatic heterocycles. The van der Waals surface area contributed by atoms with E-state index in [1.165, 1.54) is 24.3 Å². The maximum atomic E-state index is 12.9. The lowest BCUT2D eigenvalue weighted by molar-refractivity contribution is -0.384. The van der Waals surface area contributed by atoms with Crippen molar-refractivity contribution < 1.29 is 17.7 Å². The predicted molar refractivity (Wildman–Crippen MR) is 94.8 cm³/mol. The van der Waals surface area contributed by atoms with Crippen LogP contribution >= 0.6 is 0 Å². The number of halogens is 1. The molecule has 26 heavy (non-hydrogen) atoms. The Kier molecular flexibility index (Phi) is 4.68. The zero-order valence-electron chi connectivity index (χ0n) is 14.0. The molecule has 1 saturated carbocycles. The van der Waals surface area contributed by atoms with Gasteiger partial charge in [0.25, 0.3) is 5.69 Å². The summed E-state index contributed by atoms with van der Waals surface area (Å²) in [5, 5.41) is 14.2. The molecular formula is C17H18FN3O4S.